The van der Waals surface area contributed by atoms with Crippen LogP contribution < -0.4 is 25.8 Å². The maximum absolute atomic E-state index is 13.8. The summed E-state index contributed by atoms with van der Waals surface area (Å²) in [4.78, 5) is 17.9. The molecule has 0 saturated heterocycles. The molecule has 14 heteroatoms. The first-order valence-electron chi connectivity index (χ1n) is 14.7. The number of amides is 1. The number of nitrogens with one attached hydrogen (secondary N) is 1. The fourth-order valence-electron chi connectivity index (χ4n) is 5.53. The molecule has 12 nitrogen and oxygen atoms in total. The number of sulfonamides is 1. The van der Waals surface area contributed by atoms with E-state index in [4.69, 9.17) is 25.0 Å². The molecule has 0 saturated carbocycles. The second kappa shape index (κ2) is 12.6. The molecular formula is C34H32FN5O7S. The van der Waals surface area contributed by atoms with Gasteiger partial charge in [0.05, 0.1) is 48.5 Å². The summed E-state index contributed by atoms with van der Waals surface area (Å²) in [6.45, 7) is -0.567. The molecule has 1 unspecified atom stereocenters. The average Bonchev–Trinajstić information content (AvgIpc) is 3.68. The minimum Gasteiger partial charge on any atom is -0.496 e. The number of nitrogens with zero attached hydrogens (tertiary/aromatic N) is 2. The minimum atomic E-state index is -4.02. The van der Waals surface area contributed by atoms with E-state index in [1.54, 1.807) is 42.5 Å². The number of aliphatic hydroxyl groups excluding tert-OH is 1. The molecule has 2 heterocycles. The van der Waals surface area contributed by atoms with Crippen LogP contribution in [0.2, 0.25) is 0 Å². The third-order valence-corrected chi connectivity index (χ3v) is 9.02. The summed E-state index contributed by atoms with van der Waals surface area (Å²) in [7, 11) is -1.06. The van der Waals surface area contributed by atoms with Gasteiger partial charge in [-0.25, -0.2) is 17.8 Å². The van der Waals surface area contributed by atoms with Crippen molar-refractivity contribution in [3.8, 4) is 39.7 Å². The van der Waals surface area contributed by atoms with Crippen LogP contribution in [0.5, 0.6) is 5.75 Å². The molecule has 0 aliphatic carbocycles. The summed E-state index contributed by atoms with van der Waals surface area (Å²) in [5, 5.41) is 13.5. The molecule has 2 aromatic heterocycles. The fraction of sp³-hybridized carbons (Fsp3) is 0.176. The molecule has 0 fully saturated rings. The van der Waals surface area contributed by atoms with Gasteiger partial charge in [0.25, 0.3) is 5.91 Å². The van der Waals surface area contributed by atoms with Gasteiger partial charge in [0.1, 0.15) is 28.4 Å². The molecule has 1 atom stereocenters. The number of nitrogen functional groups attached to an aromatic ring is 1. The van der Waals surface area contributed by atoms with E-state index in [0.29, 0.717) is 50.2 Å². The molecule has 0 bridgehead atoms. The van der Waals surface area contributed by atoms with Gasteiger partial charge in [-0.1, -0.05) is 12.1 Å². The summed E-state index contributed by atoms with van der Waals surface area (Å²) < 4.78 is 59.3. The van der Waals surface area contributed by atoms with Crippen molar-refractivity contribution in [1.29, 1.82) is 0 Å². The summed E-state index contributed by atoms with van der Waals surface area (Å²) in [5.41, 5.74) is 15.3. The number of carbonyl (C=O) groups is 1. The normalized spacial score (nSPS) is 12.4. The molecule has 0 aliphatic heterocycles. The zero-order chi connectivity index (χ0) is 34.3. The van der Waals surface area contributed by atoms with Crippen LogP contribution in [0.25, 0.3) is 56.0 Å². The molecule has 0 radical (unpaired) electrons. The van der Waals surface area contributed by atoms with E-state index in [1.807, 2.05) is 0 Å². The monoisotopic (exact) mass is 673 g/mol. The molecule has 1 amide bonds. The van der Waals surface area contributed by atoms with Gasteiger partial charge in [-0.3, -0.25) is 9.10 Å². The van der Waals surface area contributed by atoms with E-state index >= 15 is 0 Å². The van der Waals surface area contributed by atoms with Gasteiger partial charge in [0, 0.05) is 36.2 Å². The van der Waals surface area contributed by atoms with E-state index in [0.717, 1.165) is 10.6 Å². The molecule has 4 aromatic carbocycles. The highest BCUT2D eigenvalue weighted by atomic mass is 32.2. The highest BCUT2D eigenvalue weighted by Crippen LogP contribution is 2.44. The van der Waals surface area contributed by atoms with Crippen molar-refractivity contribution in [3.63, 3.8) is 0 Å². The summed E-state index contributed by atoms with van der Waals surface area (Å²) in [6.07, 6.45) is -0.193. The number of halogens is 1. The predicted molar refractivity (Wildman–Crippen MR) is 182 cm³/mol. The van der Waals surface area contributed by atoms with Gasteiger partial charge < -0.3 is 35.5 Å². The van der Waals surface area contributed by atoms with E-state index in [2.05, 4.69) is 10.3 Å². The first kappa shape index (κ1) is 32.5. The van der Waals surface area contributed by atoms with Gasteiger partial charge in [-0.15, -0.1) is 0 Å². The Hall–Kier alpha value is -5.44. The Kier molecular flexibility index (Phi) is 8.55. The molecule has 6 aromatic rings. The molecule has 48 heavy (non-hydrogen) atoms. The van der Waals surface area contributed by atoms with Crippen molar-refractivity contribution in [3.05, 3.63) is 84.2 Å². The van der Waals surface area contributed by atoms with Crippen molar-refractivity contribution in [1.82, 2.24) is 10.3 Å². The second-order valence-corrected chi connectivity index (χ2v) is 13.0. The van der Waals surface area contributed by atoms with Crippen molar-refractivity contribution >= 4 is 49.4 Å². The van der Waals surface area contributed by atoms with Gasteiger partial charge in [0.15, 0.2) is 5.58 Å². The predicted octanol–water partition coefficient (Wildman–Crippen LogP) is 4.75. The van der Waals surface area contributed by atoms with Crippen LogP contribution in [0.15, 0.2) is 81.6 Å². The topological polar surface area (TPSA) is 187 Å². The Bertz CT molecular complexity index is 2280. The van der Waals surface area contributed by atoms with Gasteiger partial charge in [0.2, 0.25) is 15.9 Å². The van der Waals surface area contributed by atoms with Gasteiger partial charge in [-0.2, -0.15) is 0 Å². The first-order chi connectivity index (χ1) is 22.9. The zero-order valence-corrected chi connectivity index (χ0v) is 27.0. The highest BCUT2D eigenvalue weighted by molar-refractivity contribution is 7.92. The lowest BCUT2D eigenvalue weighted by atomic mass is 9.96. The standard InChI is InChI=1S/C34H32FN5O7S/c1-38-33(42)30-23-14-22(19-9-12-27(45-2)24(13-19)34-39-31-25(37)5-4-6-28(31)47-34)26(40(48(3,43)44)17-21(41)16-36)15-29(23)46-32(30)18-7-10-20(35)11-8-18/h4-15,21,41H,16-17,36-37H2,1-3H3,(H,38,42). The third kappa shape index (κ3) is 5.92. The van der Waals surface area contributed by atoms with E-state index < -0.39 is 27.9 Å². The average molecular weight is 674 g/mol. The van der Waals surface area contributed by atoms with Gasteiger partial charge >= 0.3 is 0 Å². The number of hydrogen-bond donors (Lipinski definition) is 4. The largest absolute Gasteiger partial charge is 0.496 e. The number of nitrogens with two attached hydrogens (primary N) is 2. The number of aromatic nitrogens is 1. The minimum absolute atomic E-state index is 0.137. The highest BCUT2D eigenvalue weighted by Gasteiger charge is 2.29. The van der Waals surface area contributed by atoms with Crippen LogP contribution >= 0.6 is 0 Å². The number of benzene rings is 4. The molecule has 6 N–H and O–H groups in total. The molecular weight excluding hydrogens is 641 g/mol. The maximum atomic E-state index is 13.8. The maximum Gasteiger partial charge on any atom is 0.255 e. The van der Waals surface area contributed by atoms with Crippen molar-refractivity contribution < 1.29 is 36.3 Å². The molecule has 0 aliphatic rings. The Morgan fingerprint density at radius 1 is 1.04 bits per heavy atom. The molecule has 248 valence electrons. The van der Waals surface area contributed by atoms with Crippen LogP contribution in [-0.4, -0.2) is 64.0 Å². The number of hydrogen-bond acceptors (Lipinski definition) is 10. The van der Waals surface area contributed by atoms with Crippen LogP contribution in [0.4, 0.5) is 15.8 Å². The molecule has 0 spiro atoms. The SMILES string of the molecule is CNC(=O)c1c(-c2ccc(F)cc2)oc2cc(N(CC(O)CN)S(C)(=O)=O)c(-c3ccc(OC)c(-c4nc5c(N)cccc5o4)c3)cc12. The number of carbonyl (C=O) groups excluding carboxylic acids is 1. The number of furan rings is 1. The fourth-order valence-corrected chi connectivity index (χ4v) is 6.48. The van der Waals surface area contributed by atoms with Crippen LogP contribution in [-0.2, 0) is 10.0 Å². The number of ether oxygens (including phenoxy) is 1. The van der Waals surface area contributed by atoms with Crippen molar-refractivity contribution in [2.75, 3.05) is 43.5 Å². The second-order valence-electron chi connectivity index (χ2n) is 11.1. The molecule has 6 rings (SSSR count). The lowest BCUT2D eigenvalue weighted by molar-refractivity contribution is 0.0964. The van der Waals surface area contributed by atoms with Crippen molar-refractivity contribution in [2.24, 2.45) is 5.73 Å². The van der Waals surface area contributed by atoms with E-state index in [9.17, 15) is 22.7 Å². The number of fused-ring (bicyclic) bond motifs is 2. The van der Waals surface area contributed by atoms with E-state index in [-0.39, 0.29) is 41.6 Å². The number of methoxy groups -OCH3 is 1. The number of oxazole rings is 1. The number of aliphatic hydroxyl groups is 1. The van der Waals surface area contributed by atoms with Crippen LogP contribution in [0.1, 0.15) is 10.4 Å². The smallest absolute Gasteiger partial charge is 0.255 e. The first-order valence-corrected chi connectivity index (χ1v) is 16.6. The summed E-state index contributed by atoms with van der Waals surface area (Å²) >= 11 is 0. The summed E-state index contributed by atoms with van der Waals surface area (Å²) in [5.74, 6) is -0.182. The van der Waals surface area contributed by atoms with Gasteiger partial charge in [-0.05, 0) is 60.2 Å². The number of anilines is 2. The van der Waals surface area contributed by atoms with Crippen LogP contribution in [0.3, 0.4) is 0 Å². The Morgan fingerprint density at radius 3 is 2.42 bits per heavy atom. The Morgan fingerprint density at radius 2 is 1.77 bits per heavy atom. The third-order valence-electron chi connectivity index (χ3n) is 7.88. The number of rotatable bonds is 10. The van der Waals surface area contributed by atoms with Crippen LogP contribution in [0, 0.1) is 5.82 Å². The Labute approximate surface area is 274 Å². The lowest BCUT2D eigenvalue weighted by Gasteiger charge is -2.27. The Balaban J connectivity index is 1.67. The number of para-hydroxylation sites is 1. The zero-order valence-electron chi connectivity index (χ0n) is 26.2. The van der Waals surface area contributed by atoms with Crippen molar-refractivity contribution in [2.45, 2.75) is 6.10 Å². The quantitative estimate of drug-likeness (QED) is 0.148. The lowest BCUT2D eigenvalue weighted by Crippen LogP contribution is -2.40. The van der Waals surface area contributed by atoms with E-state index in [1.165, 1.54) is 44.5 Å². The summed E-state index contributed by atoms with van der Waals surface area (Å²) in [6, 6.07) is 18.8.